The second-order valence-electron chi connectivity index (χ2n) is 15.3. The Balaban J connectivity index is 1.74. The summed E-state index contributed by atoms with van der Waals surface area (Å²) in [6, 6.07) is 10.9. The van der Waals surface area contributed by atoms with Gasteiger partial charge in [-0.1, -0.05) is 77.1 Å². The lowest BCUT2D eigenvalue weighted by Gasteiger charge is -2.40. The topological polar surface area (TPSA) is 55.8 Å². The summed E-state index contributed by atoms with van der Waals surface area (Å²) in [7, 11) is -4.48. The summed E-state index contributed by atoms with van der Waals surface area (Å²) in [4.78, 5) is 25.4. The molecule has 232 valence electrons. The van der Waals surface area contributed by atoms with E-state index in [1.165, 1.54) is 15.0 Å². The fraction of sp³-hybridized carbons (Fsp3) is 0.629. The molecule has 1 aliphatic heterocycles. The number of hydrogen-bond donors (Lipinski definition) is 1. The Labute approximate surface area is 260 Å². The molecule has 2 aromatic rings. The summed E-state index contributed by atoms with van der Waals surface area (Å²) >= 11 is 1.87. The van der Waals surface area contributed by atoms with Crippen LogP contribution in [-0.2, 0) is 14.0 Å². The molecule has 0 radical (unpaired) electrons. The smallest absolute Gasteiger partial charge is 0.306 e. The molecule has 7 heteroatoms. The van der Waals surface area contributed by atoms with E-state index in [1.807, 2.05) is 11.3 Å². The minimum atomic E-state index is -2.42. The van der Waals surface area contributed by atoms with Gasteiger partial charge in [0.1, 0.15) is 6.10 Å². The lowest BCUT2D eigenvalue weighted by molar-refractivity contribution is -0.151. The number of ether oxygens (including phenoxy) is 1. The largest absolute Gasteiger partial charge is 0.462 e. The summed E-state index contributed by atoms with van der Waals surface area (Å²) in [6.07, 6.45) is 14.0. The minimum absolute atomic E-state index is 0.0128. The van der Waals surface area contributed by atoms with Gasteiger partial charge in [0.15, 0.2) is 16.6 Å². The molecule has 1 aromatic carbocycles. The van der Waals surface area contributed by atoms with Crippen LogP contribution < -0.4 is 0 Å². The van der Waals surface area contributed by atoms with Crippen LogP contribution in [0, 0.1) is 11.8 Å². The first-order valence-electron chi connectivity index (χ1n) is 15.9. The number of rotatable bonds is 8. The quantitative estimate of drug-likeness (QED) is 0.180. The Morgan fingerprint density at radius 3 is 2.50 bits per heavy atom. The Kier molecular flexibility index (Phi) is 10.2. The van der Waals surface area contributed by atoms with Crippen LogP contribution in [-0.4, -0.2) is 39.6 Å². The van der Waals surface area contributed by atoms with Gasteiger partial charge in [0, 0.05) is 40.2 Å². The number of hydrogen-bond acceptors (Lipinski definition) is 5. The molecule has 0 amide bonds. The number of benzene rings is 1. The van der Waals surface area contributed by atoms with Gasteiger partial charge in [-0.2, -0.15) is 0 Å². The van der Waals surface area contributed by atoms with E-state index in [-0.39, 0.29) is 46.0 Å². The molecule has 0 bridgehead atoms. The maximum atomic E-state index is 12.8. The van der Waals surface area contributed by atoms with Gasteiger partial charge in [-0.25, -0.2) is 0 Å². The van der Waals surface area contributed by atoms with Crippen molar-refractivity contribution in [2.45, 2.75) is 128 Å². The third kappa shape index (κ3) is 7.76. The molecule has 0 unspecified atom stereocenters. The van der Waals surface area contributed by atoms with Crippen LogP contribution in [0.15, 0.2) is 54.6 Å². The molecule has 2 heterocycles. The maximum Gasteiger partial charge on any atom is 0.306 e. The predicted octanol–water partition coefficient (Wildman–Crippen LogP) is 9.98. The molecule has 42 heavy (non-hydrogen) atoms. The number of fused-ring (bicyclic) bond motifs is 2. The van der Waals surface area contributed by atoms with Gasteiger partial charge < -0.3 is 14.0 Å². The average molecular weight is 627 g/mol. The Bertz CT molecular complexity index is 1250. The summed E-state index contributed by atoms with van der Waals surface area (Å²) < 4.78 is 14.6. The molecule has 0 spiro atoms. The molecular formula is C35H54O4SSi2. The molecule has 1 aliphatic carbocycles. The molecule has 5 atom stereocenters. The first-order chi connectivity index (χ1) is 19.5. The molecule has 4 nitrogen and oxygen atoms in total. The first kappa shape index (κ1) is 33.4. The molecule has 1 fully saturated rings. The number of carbonyl (C=O) groups is 1. The third-order valence-corrected chi connectivity index (χ3v) is 19.8. The monoisotopic (exact) mass is 626 g/mol. The van der Waals surface area contributed by atoms with E-state index >= 15 is 0 Å². The highest BCUT2D eigenvalue weighted by atomic mass is 32.1. The van der Waals surface area contributed by atoms with E-state index in [9.17, 15) is 9.59 Å². The highest BCUT2D eigenvalue weighted by Crippen LogP contribution is 2.49. The zero-order valence-electron chi connectivity index (χ0n) is 27.4. The molecule has 1 saturated carbocycles. The number of carbonyl (C=O) groups excluding carboxylic acids is 1. The molecule has 4 rings (SSSR count). The zero-order valence-corrected chi connectivity index (χ0v) is 30.2. The van der Waals surface area contributed by atoms with Gasteiger partial charge in [0.05, 0.1) is 6.10 Å². The normalized spacial score (nSPS) is 26.3. The summed E-state index contributed by atoms with van der Waals surface area (Å²) in [6.45, 7) is 20.1. The molecule has 0 saturated heterocycles. The molecule has 2 aliphatic rings. The zero-order chi connectivity index (χ0) is 30.9. The molecule has 1 N–H and O–H groups in total. The SMILES string of the molecule is CC(C)(C[C@H](/C=C/[C@@H]1[C@H]2C/C=C\CCCC(=O)O[C@H]2C[C@H]1O[Si](C)(C)C(C)(C)C)c1cc2ccccc2s1)[Si](C)(C)O. The van der Waals surface area contributed by atoms with Gasteiger partial charge >= 0.3 is 5.97 Å². The second-order valence-corrected chi connectivity index (χ2v) is 25.7. The maximum absolute atomic E-state index is 12.8. The van der Waals surface area contributed by atoms with Gasteiger partial charge in [0.25, 0.3) is 0 Å². The van der Waals surface area contributed by atoms with Crippen molar-refractivity contribution in [3.63, 3.8) is 0 Å². The van der Waals surface area contributed by atoms with Crippen molar-refractivity contribution in [1.29, 1.82) is 0 Å². The highest BCUT2D eigenvalue weighted by molar-refractivity contribution is 7.19. The fourth-order valence-electron chi connectivity index (χ4n) is 5.95. The van der Waals surface area contributed by atoms with E-state index in [2.05, 4.69) is 115 Å². The summed E-state index contributed by atoms with van der Waals surface area (Å²) in [5, 5.41) is 1.20. The van der Waals surface area contributed by atoms with Gasteiger partial charge in [-0.05, 0) is 79.5 Å². The van der Waals surface area contributed by atoms with Crippen LogP contribution >= 0.6 is 11.3 Å². The van der Waals surface area contributed by atoms with Crippen LogP contribution in [0.4, 0.5) is 0 Å². The van der Waals surface area contributed by atoms with Crippen LogP contribution in [0.2, 0.25) is 36.3 Å². The van der Waals surface area contributed by atoms with E-state index in [0.29, 0.717) is 6.42 Å². The van der Waals surface area contributed by atoms with E-state index in [0.717, 1.165) is 32.1 Å². The van der Waals surface area contributed by atoms with Gasteiger partial charge in [-0.3, -0.25) is 4.79 Å². The predicted molar refractivity (Wildman–Crippen MR) is 183 cm³/mol. The number of allylic oxidation sites excluding steroid dienone is 3. The molecule has 1 aromatic heterocycles. The van der Waals surface area contributed by atoms with Crippen molar-refractivity contribution >= 4 is 44.0 Å². The second kappa shape index (κ2) is 12.8. The van der Waals surface area contributed by atoms with Crippen molar-refractivity contribution in [3.05, 3.63) is 59.5 Å². The Morgan fingerprint density at radius 2 is 1.83 bits per heavy atom. The Hall–Kier alpha value is -1.52. The minimum Gasteiger partial charge on any atom is -0.462 e. The van der Waals surface area contributed by atoms with E-state index in [4.69, 9.17) is 9.16 Å². The molecular weight excluding hydrogens is 573 g/mol. The van der Waals surface area contributed by atoms with Crippen molar-refractivity contribution in [3.8, 4) is 0 Å². The van der Waals surface area contributed by atoms with E-state index < -0.39 is 16.6 Å². The number of esters is 1. The third-order valence-electron chi connectivity index (χ3n) is 10.5. The van der Waals surface area contributed by atoms with E-state index in [1.54, 1.807) is 0 Å². The fourth-order valence-corrected chi connectivity index (χ4v) is 9.18. The first-order valence-corrected chi connectivity index (χ1v) is 22.6. The summed E-state index contributed by atoms with van der Waals surface area (Å²) in [5.41, 5.74) is 0. The van der Waals surface area contributed by atoms with Crippen molar-refractivity contribution in [1.82, 2.24) is 0 Å². The van der Waals surface area contributed by atoms with Crippen LogP contribution in [0.1, 0.15) is 83.9 Å². The standard InChI is InChI=1S/C35H54O4SSi2/c1-34(2,3)42(8,9)39-30-23-29-27(17-12-10-11-13-19-33(36)38-29)28(30)21-20-26(24-35(4,5)41(6,7)37)32-22-25-16-14-15-18-31(25)40-32/h10,12,14-16,18,20-22,26-30,37H,11,13,17,19,23-24H2,1-9H3/b12-10-,21-20+/t26-,27+,28+,29-,30+/m0/s1. The van der Waals surface area contributed by atoms with Crippen LogP contribution in [0.5, 0.6) is 0 Å². The van der Waals surface area contributed by atoms with Crippen molar-refractivity contribution in [2.75, 3.05) is 0 Å². The lowest BCUT2D eigenvalue weighted by Crippen LogP contribution is -2.45. The Morgan fingerprint density at radius 1 is 1.12 bits per heavy atom. The van der Waals surface area contributed by atoms with Crippen LogP contribution in [0.25, 0.3) is 10.1 Å². The van der Waals surface area contributed by atoms with Crippen LogP contribution in [0.3, 0.4) is 0 Å². The highest BCUT2D eigenvalue weighted by Gasteiger charge is 2.49. The average Bonchev–Trinajstić information content (AvgIpc) is 3.43. The number of thiophene rings is 1. The van der Waals surface area contributed by atoms with Crippen molar-refractivity contribution in [2.24, 2.45) is 11.8 Å². The summed E-state index contributed by atoms with van der Waals surface area (Å²) in [5.74, 6) is 0.451. The van der Waals surface area contributed by atoms with Gasteiger partial charge in [-0.15, -0.1) is 11.3 Å². The van der Waals surface area contributed by atoms with Crippen molar-refractivity contribution < 1.29 is 18.8 Å². The van der Waals surface area contributed by atoms with Gasteiger partial charge in [0.2, 0.25) is 0 Å². The lowest BCUT2D eigenvalue weighted by atomic mass is 9.87.